The van der Waals surface area contributed by atoms with Crippen LogP contribution in [0.25, 0.3) is 11.3 Å². The van der Waals surface area contributed by atoms with Crippen molar-refractivity contribution in [3.05, 3.63) is 48.2 Å². The number of rotatable bonds is 9. The third kappa shape index (κ3) is 9.44. The second-order valence-electron chi connectivity index (χ2n) is 17.3. The average molecular weight is 799 g/mol. The molecule has 0 saturated carbocycles. The van der Waals surface area contributed by atoms with Crippen molar-refractivity contribution in [3.8, 4) is 11.3 Å². The summed E-state index contributed by atoms with van der Waals surface area (Å²) in [5.41, 5.74) is -4.30. The summed E-state index contributed by atoms with van der Waals surface area (Å²) in [6.45, 7) is 14.8. The Morgan fingerprint density at radius 1 is 1.00 bits per heavy atom. The van der Waals surface area contributed by atoms with E-state index < -0.39 is 82.9 Å². The molecule has 0 aliphatic carbocycles. The van der Waals surface area contributed by atoms with Crippen molar-refractivity contribution in [2.24, 2.45) is 29.1 Å². The second-order valence-corrected chi connectivity index (χ2v) is 17.3. The number of cyclic esters (lactones) is 1. The maximum Gasteiger partial charge on any atom is 0.408 e. The minimum absolute atomic E-state index is 0.0161. The predicted octanol–water partition coefficient (Wildman–Crippen LogP) is 6.15. The van der Waals surface area contributed by atoms with Gasteiger partial charge in [-0.1, -0.05) is 59.7 Å². The fourth-order valence-corrected chi connectivity index (χ4v) is 9.17. The second kappa shape index (κ2) is 17.4. The van der Waals surface area contributed by atoms with Gasteiger partial charge in [0, 0.05) is 43.4 Å². The highest BCUT2D eigenvalue weighted by Crippen LogP contribution is 2.43. The maximum absolute atomic E-state index is 16.9. The Hall–Kier alpha value is -4.14. The third-order valence-corrected chi connectivity index (χ3v) is 12.1. The van der Waals surface area contributed by atoms with Gasteiger partial charge in [0.2, 0.25) is 5.91 Å². The highest BCUT2D eigenvalue weighted by Gasteiger charge is 2.59. The van der Waals surface area contributed by atoms with Gasteiger partial charge in [0.1, 0.15) is 23.8 Å². The lowest BCUT2D eigenvalue weighted by Crippen LogP contribution is -2.59. The van der Waals surface area contributed by atoms with Crippen LogP contribution in [0, 0.1) is 29.1 Å². The zero-order chi connectivity index (χ0) is 42.0. The van der Waals surface area contributed by atoms with Crippen LogP contribution in [0.15, 0.2) is 47.1 Å². The number of amides is 2. The Kier molecular flexibility index (Phi) is 13.4. The molecule has 3 fully saturated rings. The van der Waals surface area contributed by atoms with Gasteiger partial charge in [0.15, 0.2) is 17.7 Å². The van der Waals surface area contributed by atoms with Gasteiger partial charge in [-0.25, -0.2) is 14.0 Å². The first-order valence-corrected chi connectivity index (χ1v) is 19.9. The lowest BCUT2D eigenvalue weighted by molar-refractivity contribution is -0.289. The number of alkyl halides is 1. The van der Waals surface area contributed by atoms with E-state index in [-0.39, 0.29) is 49.5 Å². The number of benzene rings is 1. The van der Waals surface area contributed by atoms with Crippen LogP contribution >= 0.6 is 0 Å². The fourth-order valence-electron chi connectivity index (χ4n) is 9.17. The lowest BCUT2D eigenvalue weighted by atomic mass is 9.69. The van der Waals surface area contributed by atoms with Gasteiger partial charge in [-0.15, -0.1) is 0 Å². The van der Waals surface area contributed by atoms with E-state index >= 15 is 4.39 Å². The molecule has 12 atom stereocenters. The van der Waals surface area contributed by atoms with Crippen LogP contribution in [0.5, 0.6) is 0 Å². The van der Waals surface area contributed by atoms with Crippen molar-refractivity contribution in [1.82, 2.24) is 10.6 Å². The van der Waals surface area contributed by atoms with Gasteiger partial charge < -0.3 is 38.7 Å². The van der Waals surface area contributed by atoms with Crippen molar-refractivity contribution < 1.29 is 56.5 Å². The number of nitrogens with one attached hydrogen (secondary N) is 2. The van der Waals surface area contributed by atoms with E-state index in [4.69, 9.17) is 28.1 Å². The average Bonchev–Trinajstić information content (AvgIpc) is 3.79. The van der Waals surface area contributed by atoms with Crippen LogP contribution in [0.3, 0.4) is 0 Å². The Balaban J connectivity index is 1.43. The summed E-state index contributed by atoms with van der Waals surface area (Å²) in [6.07, 6.45) is -2.53. The maximum atomic E-state index is 16.9. The zero-order valence-electron chi connectivity index (χ0n) is 34.7. The van der Waals surface area contributed by atoms with E-state index in [1.165, 1.54) is 13.8 Å². The fraction of sp³-hybridized carbons (Fsp3) is 0.651. The first-order chi connectivity index (χ1) is 26.7. The van der Waals surface area contributed by atoms with E-state index in [2.05, 4.69) is 10.6 Å². The molecule has 5 rings (SSSR count). The molecule has 57 heavy (non-hydrogen) atoms. The summed E-state index contributed by atoms with van der Waals surface area (Å²) in [7, 11) is 1.55. The molecule has 14 heteroatoms. The van der Waals surface area contributed by atoms with Crippen molar-refractivity contribution in [2.45, 2.75) is 136 Å². The molecule has 13 nitrogen and oxygen atoms in total. The number of halogens is 1. The number of hydrogen-bond acceptors (Lipinski definition) is 11. The van der Waals surface area contributed by atoms with Crippen molar-refractivity contribution in [3.63, 3.8) is 0 Å². The molecule has 0 bridgehead atoms. The summed E-state index contributed by atoms with van der Waals surface area (Å²) in [4.78, 5) is 68.6. The van der Waals surface area contributed by atoms with Crippen LogP contribution in [0.4, 0.5) is 9.18 Å². The molecule has 4 heterocycles. The molecule has 3 saturated heterocycles. The van der Waals surface area contributed by atoms with E-state index in [9.17, 15) is 24.0 Å². The molecular weight excluding hydrogens is 739 g/mol. The molecule has 2 amide bonds. The van der Waals surface area contributed by atoms with Crippen LogP contribution < -0.4 is 10.6 Å². The summed E-state index contributed by atoms with van der Waals surface area (Å²) in [5.74, 6) is -5.17. The molecular formula is C43H59FN2O11. The van der Waals surface area contributed by atoms with Gasteiger partial charge in [-0.2, -0.15) is 0 Å². The van der Waals surface area contributed by atoms with Gasteiger partial charge in [-0.3, -0.25) is 14.4 Å². The van der Waals surface area contributed by atoms with Gasteiger partial charge in [0.05, 0.1) is 30.9 Å². The Morgan fingerprint density at radius 3 is 2.39 bits per heavy atom. The molecule has 0 spiro atoms. The van der Waals surface area contributed by atoms with Gasteiger partial charge in [0.25, 0.3) is 5.67 Å². The minimum Gasteiger partial charge on any atom is -0.464 e. The summed E-state index contributed by atoms with van der Waals surface area (Å²) >= 11 is 0. The smallest absolute Gasteiger partial charge is 0.408 e. The molecule has 314 valence electrons. The quantitative estimate of drug-likeness (QED) is 0.221. The largest absolute Gasteiger partial charge is 0.464 e. The number of furan rings is 1. The topological polar surface area (TPSA) is 169 Å². The Labute approximate surface area is 334 Å². The van der Waals surface area contributed by atoms with Crippen LogP contribution in [-0.4, -0.2) is 91.2 Å². The number of carbonyl (C=O) groups is 5. The summed E-state index contributed by atoms with van der Waals surface area (Å²) in [6, 6.07) is 9.88. The Morgan fingerprint density at radius 2 is 1.72 bits per heavy atom. The van der Waals surface area contributed by atoms with E-state index in [1.807, 2.05) is 52.0 Å². The van der Waals surface area contributed by atoms with Crippen LogP contribution in [0.1, 0.15) is 87.1 Å². The third-order valence-electron chi connectivity index (χ3n) is 12.1. The number of alkyl carbamates (subject to hydrolysis) is 1. The number of methoxy groups -OCH3 is 1. The highest BCUT2D eigenvalue weighted by molar-refractivity contribution is 6.07. The normalized spacial score (nSPS) is 36.3. The summed E-state index contributed by atoms with van der Waals surface area (Å²) in [5, 5.41) is 5.54. The summed E-state index contributed by atoms with van der Waals surface area (Å²) < 4.78 is 52.6. The first-order valence-electron chi connectivity index (χ1n) is 19.9. The highest BCUT2D eigenvalue weighted by atomic mass is 19.1. The van der Waals surface area contributed by atoms with Crippen molar-refractivity contribution >= 4 is 29.5 Å². The zero-order valence-corrected chi connectivity index (χ0v) is 34.7. The number of fused-ring (bicyclic) bond motifs is 1. The number of esters is 1. The number of ketones is 2. The molecule has 0 radical (unpaired) electrons. The van der Waals surface area contributed by atoms with E-state index in [0.717, 1.165) is 18.1 Å². The van der Waals surface area contributed by atoms with Crippen LogP contribution in [-0.2, 0) is 49.3 Å². The van der Waals surface area contributed by atoms with Crippen LogP contribution in [0.2, 0.25) is 0 Å². The number of carbonyl (C=O) groups excluding carboxylic acids is 5. The molecule has 1 aromatic heterocycles. The standard InChI is InChI=1S/C43H59FN2O11/c1-23-19-25(3)54-38(34(23)52-10)56-37-27(5)36(49)42(8,44)39(50)55-31(16-17-45-32(47)21-28-13-11-14-29(20-28)30-15-12-18-53-30)43(9)35(46-40(51)57-43)26(4)33(48)24(2)22-41(37,6)7/h11-15,18,20,23-27,31,34-35,37-38H,16-17,19,21-22H2,1-10H3,(H,45,47)(H,46,51)/t23?,24-,25?,26+,27+,31-,34?,35-,37-,38?,42+,43-/m1/s1. The van der Waals surface area contributed by atoms with Gasteiger partial charge >= 0.3 is 12.1 Å². The molecule has 1 aromatic carbocycles. The number of ether oxygens (including phenoxy) is 5. The first kappa shape index (κ1) is 44.0. The monoisotopic (exact) mass is 798 g/mol. The van der Waals surface area contributed by atoms with E-state index in [1.54, 1.807) is 39.4 Å². The SMILES string of the molecule is COC1C(C)CC(C)OC1O[C@@H]1[C@@H](C)C(=O)[C@](C)(F)C(=O)O[C@H](CCNC(=O)Cc2cccc(-c3ccco3)c2)[C@@]2(C)OC(=O)N[C@@H]2[C@@H](C)C(=O)[C@H](C)CC1(C)C. The molecule has 3 aliphatic heterocycles. The van der Waals surface area contributed by atoms with Crippen molar-refractivity contribution in [1.29, 1.82) is 0 Å². The molecule has 2 N–H and O–H groups in total. The molecule has 3 aliphatic rings. The Bertz CT molecular complexity index is 1780. The number of Topliss-reactive ketones (excluding diaryl/α,β-unsaturated/α-hetero) is 2. The molecule has 2 aromatic rings. The molecule has 4 unspecified atom stereocenters. The minimum atomic E-state index is -3.18. The van der Waals surface area contributed by atoms with Gasteiger partial charge in [-0.05, 0) is 68.7 Å². The lowest BCUT2D eigenvalue weighted by Gasteiger charge is -2.46. The number of hydrogen-bond donors (Lipinski definition) is 2. The predicted molar refractivity (Wildman–Crippen MR) is 206 cm³/mol. The van der Waals surface area contributed by atoms with Crippen molar-refractivity contribution in [2.75, 3.05) is 13.7 Å². The van der Waals surface area contributed by atoms with E-state index in [0.29, 0.717) is 12.2 Å².